The Bertz CT molecular complexity index is 1660. The van der Waals surface area contributed by atoms with E-state index in [-0.39, 0.29) is 0 Å². The Balaban J connectivity index is 1.88. The molecule has 3 aliphatic rings. The average molecular weight is 377 g/mol. The highest BCUT2D eigenvalue weighted by atomic mass is 16.3. The molecule has 4 nitrogen and oxygen atoms in total. The van der Waals surface area contributed by atoms with E-state index in [1.807, 2.05) is 42.5 Å². The number of hydrogen-bond acceptors (Lipinski definition) is 2. The summed E-state index contributed by atoms with van der Waals surface area (Å²) in [6.07, 6.45) is 6.76. The SMILES string of the molecule is Cn1c2c3ccccc3oc3cccc(c3=2)c2ccc(=C3C=C[N+](=O)C=C3)cc21. The minimum atomic E-state index is 0.806. The van der Waals surface area contributed by atoms with Gasteiger partial charge in [-0.3, -0.25) is 0 Å². The third-order valence-corrected chi connectivity index (χ3v) is 5.75. The molecule has 138 valence electrons. The number of para-hydroxylation sites is 1. The van der Waals surface area contributed by atoms with Crippen LogP contribution in [0, 0.1) is 15.5 Å². The predicted molar refractivity (Wildman–Crippen MR) is 115 cm³/mol. The predicted octanol–water partition coefficient (Wildman–Crippen LogP) is 5.05. The molecular formula is C25H17N2O2+. The first kappa shape index (κ1) is 16.1. The van der Waals surface area contributed by atoms with Crippen LogP contribution in [-0.4, -0.2) is 9.33 Å². The monoisotopic (exact) mass is 377 g/mol. The van der Waals surface area contributed by atoms with Crippen molar-refractivity contribution in [2.24, 2.45) is 7.05 Å². The van der Waals surface area contributed by atoms with Gasteiger partial charge in [0, 0.05) is 45.6 Å². The molecule has 0 aromatic heterocycles. The Hall–Kier alpha value is -3.92. The van der Waals surface area contributed by atoms with Gasteiger partial charge in [-0.05, 0) is 40.4 Å². The number of nitrogens with zero attached hydrogens (tertiary/aromatic N) is 2. The van der Waals surface area contributed by atoms with Gasteiger partial charge in [0.2, 0.25) is 12.4 Å². The molecule has 3 aromatic rings. The van der Waals surface area contributed by atoms with Gasteiger partial charge in [-0.25, -0.2) is 0 Å². The zero-order valence-electron chi connectivity index (χ0n) is 15.8. The summed E-state index contributed by atoms with van der Waals surface area (Å²) in [5.74, 6) is 0. The molecule has 0 aliphatic carbocycles. The Morgan fingerprint density at radius 2 is 1.59 bits per heavy atom. The van der Waals surface area contributed by atoms with Crippen LogP contribution >= 0.6 is 0 Å². The van der Waals surface area contributed by atoms with E-state index in [1.165, 1.54) is 23.2 Å². The van der Waals surface area contributed by atoms with Gasteiger partial charge in [-0.1, -0.05) is 36.4 Å². The zero-order valence-corrected chi connectivity index (χ0v) is 15.8. The van der Waals surface area contributed by atoms with Gasteiger partial charge in [0.05, 0.1) is 10.1 Å². The van der Waals surface area contributed by atoms with Crippen LogP contribution < -0.4 is 5.22 Å². The van der Waals surface area contributed by atoms with Gasteiger partial charge < -0.3 is 8.98 Å². The Morgan fingerprint density at radius 3 is 2.45 bits per heavy atom. The van der Waals surface area contributed by atoms with Gasteiger partial charge in [-0.2, -0.15) is 0 Å². The molecule has 29 heavy (non-hydrogen) atoms. The van der Waals surface area contributed by atoms with E-state index in [9.17, 15) is 4.91 Å². The van der Waals surface area contributed by atoms with Crippen molar-refractivity contribution in [2.75, 3.05) is 0 Å². The van der Waals surface area contributed by atoms with Gasteiger partial charge in [0.1, 0.15) is 11.2 Å². The van der Waals surface area contributed by atoms with Crippen LogP contribution in [-0.2, 0) is 7.05 Å². The van der Waals surface area contributed by atoms with Crippen molar-refractivity contribution >= 4 is 38.4 Å². The molecule has 0 spiro atoms. The molecule has 4 heteroatoms. The van der Waals surface area contributed by atoms with Crippen molar-refractivity contribution in [3.63, 3.8) is 0 Å². The Morgan fingerprint density at radius 1 is 0.828 bits per heavy atom. The molecule has 3 heterocycles. The first-order chi connectivity index (χ1) is 14.2. The summed E-state index contributed by atoms with van der Waals surface area (Å²) in [6, 6.07) is 20.9. The third-order valence-electron chi connectivity index (χ3n) is 5.75. The summed E-state index contributed by atoms with van der Waals surface area (Å²) in [5.41, 5.74) is 3.92. The highest BCUT2D eigenvalue weighted by molar-refractivity contribution is 5.99. The smallest absolute Gasteiger partial charge is 0.228 e. The van der Waals surface area contributed by atoms with Gasteiger partial charge in [0.15, 0.2) is 0 Å². The molecule has 3 aromatic carbocycles. The summed E-state index contributed by atoms with van der Waals surface area (Å²) in [7, 11) is 2.11. The van der Waals surface area contributed by atoms with Gasteiger partial charge in [0.25, 0.3) is 0 Å². The Labute approximate surface area is 165 Å². The minimum Gasteiger partial charge on any atom is -0.456 e. The average Bonchev–Trinajstić information content (AvgIpc) is 2.76. The van der Waals surface area contributed by atoms with Crippen LogP contribution in [0.3, 0.4) is 0 Å². The molecular weight excluding hydrogens is 360 g/mol. The van der Waals surface area contributed by atoms with Crippen molar-refractivity contribution in [2.45, 2.75) is 0 Å². The van der Waals surface area contributed by atoms with Crippen molar-refractivity contribution in [3.05, 3.63) is 106 Å². The van der Waals surface area contributed by atoms with E-state index < -0.39 is 0 Å². The summed E-state index contributed by atoms with van der Waals surface area (Å²) in [6.45, 7) is 0. The fourth-order valence-electron chi connectivity index (χ4n) is 4.38. The normalized spacial score (nSPS) is 14.1. The maximum atomic E-state index is 11.4. The lowest BCUT2D eigenvalue weighted by molar-refractivity contribution is -0.402. The second kappa shape index (κ2) is 5.79. The van der Waals surface area contributed by atoms with Crippen LogP contribution in [0.15, 0.2) is 89.6 Å². The molecule has 0 radical (unpaired) electrons. The molecule has 3 aliphatic heterocycles. The number of nitroso groups, excluding NO2 is 1. The lowest BCUT2D eigenvalue weighted by Crippen LogP contribution is -2.09. The molecule has 0 fully saturated rings. The summed E-state index contributed by atoms with van der Waals surface area (Å²) in [5, 5.41) is 6.83. The fraction of sp³-hybridized carbons (Fsp3) is 0.0400. The fourth-order valence-corrected chi connectivity index (χ4v) is 4.38. The van der Waals surface area contributed by atoms with Crippen LogP contribution in [0.2, 0.25) is 0 Å². The second-order valence-electron chi connectivity index (χ2n) is 7.36. The molecule has 0 atom stereocenters. The number of allylic oxidation sites excluding steroid dienone is 2. The summed E-state index contributed by atoms with van der Waals surface area (Å²) >= 11 is 0. The van der Waals surface area contributed by atoms with E-state index in [2.05, 4.69) is 41.9 Å². The number of benzene rings is 3. The molecule has 0 amide bonds. The topological polar surface area (TPSA) is 38.1 Å². The van der Waals surface area contributed by atoms with Crippen LogP contribution in [0.4, 0.5) is 0 Å². The number of rotatable bonds is 0. The standard InChI is InChI=1S/C25H17N2O2/c1-26-21-15-17(16-11-13-27(28)14-12-16)9-10-18(21)19-6-4-8-23-24(19)25(26)20-5-2-3-7-22(20)29-23/h2-15H,1H3/q+1. The number of hydrogen-bond donors (Lipinski definition) is 0. The number of aromatic nitrogens is 1. The maximum absolute atomic E-state index is 11.4. The molecule has 0 bridgehead atoms. The van der Waals surface area contributed by atoms with E-state index in [1.54, 1.807) is 0 Å². The van der Waals surface area contributed by atoms with Crippen LogP contribution in [0.1, 0.15) is 0 Å². The molecule has 0 unspecified atom stereocenters. The lowest BCUT2D eigenvalue weighted by Gasteiger charge is -2.15. The van der Waals surface area contributed by atoms with Crippen molar-refractivity contribution in [1.82, 2.24) is 4.57 Å². The summed E-state index contributed by atoms with van der Waals surface area (Å²) in [4.78, 5) is 11.4. The Kier molecular flexibility index (Phi) is 3.21. The lowest BCUT2D eigenvalue weighted by atomic mass is 10.0. The number of fused-ring (bicyclic) bond motifs is 4. The molecule has 6 rings (SSSR count). The molecule has 0 saturated heterocycles. The van der Waals surface area contributed by atoms with Crippen LogP contribution in [0.25, 0.3) is 38.4 Å². The minimum absolute atomic E-state index is 0.806. The van der Waals surface area contributed by atoms with E-state index in [0.29, 0.717) is 0 Å². The van der Waals surface area contributed by atoms with E-state index in [0.717, 1.165) is 48.2 Å². The molecule has 0 saturated carbocycles. The van der Waals surface area contributed by atoms with Crippen molar-refractivity contribution in [3.8, 4) is 0 Å². The van der Waals surface area contributed by atoms with Crippen LogP contribution in [0.5, 0.6) is 0 Å². The van der Waals surface area contributed by atoms with Crippen molar-refractivity contribution < 1.29 is 9.18 Å². The highest BCUT2D eigenvalue weighted by Crippen LogP contribution is 2.29. The zero-order chi connectivity index (χ0) is 19.5. The second-order valence-corrected chi connectivity index (χ2v) is 7.36. The first-order valence-electron chi connectivity index (χ1n) is 9.56. The summed E-state index contributed by atoms with van der Waals surface area (Å²) < 4.78 is 9.27. The maximum Gasteiger partial charge on any atom is 0.228 e. The van der Waals surface area contributed by atoms with E-state index >= 15 is 0 Å². The third kappa shape index (κ3) is 2.26. The highest BCUT2D eigenvalue weighted by Gasteiger charge is 2.13. The first-order valence-corrected chi connectivity index (χ1v) is 9.56. The molecule has 0 N–H and O–H groups in total. The number of aryl methyl sites for hydroxylation is 1. The quantitative estimate of drug-likeness (QED) is 0.354. The van der Waals surface area contributed by atoms with Gasteiger partial charge >= 0.3 is 0 Å². The van der Waals surface area contributed by atoms with Gasteiger partial charge in [-0.15, -0.1) is 0 Å². The largest absolute Gasteiger partial charge is 0.456 e. The van der Waals surface area contributed by atoms with Crippen molar-refractivity contribution in [1.29, 1.82) is 0 Å². The van der Waals surface area contributed by atoms with E-state index in [4.69, 9.17) is 4.42 Å².